The van der Waals surface area contributed by atoms with Crippen LogP contribution in [0.15, 0.2) is 40.9 Å². The Hall–Kier alpha value is -0.900. The molecule has 0 aromatic heterocycles. The summed E-state index contributed by atoms with van der Waals surface area (Å²) in [6.45, 7) is 4.26. The molecule has 1 unspecified atom stereocenters. The minimum atomic E-state index is -0.526. The van der Waals surface area contributed by atoms with Gasteiger partial charge in [-0.2, -0.15) is 0 Å². The zero-order chi connectivity index (χ0) is 14.9. The molecule has 0 fully saturated rings. The lowest BCUT2D eigenvalue weighted by Crippen LogP contribution is -2.14. The van der Waals surface area contributed by atoms with Crippen molar-refractivity contribution in [3.05, 3.63) is 68.4 Å². The van der Waals surface area contributed by atoms with Crippen molar-refractivity contribution < 1.29 is 4.39 Å². The van der Waals surface area contributed by atoms with Gasteiger partial charge < -0.3 is 5.73 Å². The normalized spacial score (nSPS) is 12.8. The summed E-state index contributed by atoms with van der Waals surface area (Å²) >= 11 is 9.21. The Balaban J connectivity index is 2.36. The van der Waals surface area contributed by atoms with Gasteiger partial charge >= 0.3 is 0 Å². The average Bonchev–Trinajstić information content (AvgIpc) is 2.42. The fourth-order valence-electron chi connectivity index (χ4n) is 2.04. The van der Waals surface area contributed by atoms with Crippen LogP contribution in [0.25, 0.3) is 0 Å². The van der Waals surface area contributed by atoms with Gasteiger partial charge in [0.1, 0.15) is 5.82 Å². The van der Waals surface area contributed by atoms with Crippen molar-refractivity contribution in [2.75, 3.05) is 0 Å². The first-order valence-electron chi connectivity index (χ1n) is 6.40. The van der Waals surface area contributed by atoms with Crippen molar-refractivity contribution in [1.29, 1.82) is 0 Å². The van der Waals surface area contributed by atoms with Crippen LogP contribution in [-0.4, -0.2) is 0 Å². The van der Waals surface area contributed by atoms with E-state index in [1.807, 2.05) is 24.3 Å². The molecule has 20 heavy (non-hydrogen) atoms. The van der Waals surface area contributed by atoms with Gasteiger partial charge in [-0.05, 0) is 45.1 Å². The molecule has 0 amide bonds. The Labute approximate surface area is 132 Å². The largest absolute Gasteiger partial charge is 0.320 e. The summed E-state index contributed by atoms with van der Waals surface area (Å²) in [7, 11) is 0. The Morgan fingerprint density at radius 3 is 2.20 bits per heavy atom. The zero-order valence-corrected chi connectivity index (χ0v) is 13.7. The molecule has 2 N–H and O–H groups in total. The first-order chi connectivity index (χ1) is 9.40. The maximum absolute atomic E-state index is 14.0. The van der Waals surface area contributed by atoms with Gasteiger partial charge in [0, 0.05) is 10.0 Å². The highest BCUT2D eigenvalue weighted by molar-refractivity contribution is 9.10. The van der Waals surface area contributed by atoms with Gasteiger partial charge in [-0.15, -0.1) is 0 Å². The lowest BCUT2D eigenvalue weighted by Gasteiger charge is -2.15. The molecule has 0 bridgehead atoms. The van der Waals surface area contributed by atoms with Crippen LogP contribution in [0.3, 0.4) is 0 Å². The topological polar surface area (TPSA) is 26.0 Å². The highest BCUT2D eigenvalue weighted by Crippen LogP contribution is 2.31. The van der Waals surface area contributed by atoms with E-state index in [0.717, 1.165) is 5.56 Å². The van der Waals surface area contributed by atoms with Crippen molar-refractivity contribution in [2.24, 2.45) is 5.73 Å². The smallest absolute Gasteiger partial charge is 0.129 e. The third-order valence-electron chi connectivity index (χ3n) is 3.34. The van der Waals surface area contributed by atoms with Gasteiger partial charge in [0.2, 0.25) is 0 Å². The van der Waals surface area contributed by atoms with E-state index in [4.69, 9.17) is 17.3 Å². The summed E-state index contributed by atoms with van der Waals surface area (Å²) in [4.78, 5) is 0. The van der Waals surface area contributed by atoms with Crippen molar-refractivity contribution in [1.82, 2.24) is 0 Å². The number of hydrogen-bond acceptors (Lipinski definition) is 1. The summed E-state index contributed by atoms with van der Waals surface area (Å²) in [5.74, 6) is 0.0980. The van der Waals surface area contributed by atoms with Gasteiger partial charge in [0.05, 0.1) is 11.1 Å². The maximum atomic E-state index is 14.0. The number of rotatable bonds is 3. The molecule has 0 heterocycles. The fraction of sp³-hybridized carbons (Fsp3) is 0.250. The van der Waals surface area contributed by atoms with E-state index in [9.17, 15) is 4.39 Å². The van der Waals surface area contributed by atoms with E-state index >= 15 is 0 Å². The molecule has 2 aromatic carbocycles. The molecular formula is C16H16BrClFN. The van der Waals surface area contributed by atoms with E-state index in [2.05, 4.69) is 29.8 Å². The molecule has 0 saturated heterocycles. The number of benzene rings is 2. The van der Waals surface area contributed by atoms with E-state index < -0.39 is 6.04 Å². The van der Waals surface area contributed by atoms with Gasteiger partial charge in [0.25, 0.3) is 0 Å². The number of hydrogen-bond donors (Lipinski definition) is 1. The Morgan fingerprint density at radius 1 is 1.10 bits per heavy atom. The fourth-order valence-corrected chi connectivity index (χ4v) is 2.53. The van der Waals surface area contributed by atoms with Crippen LogP contribution >= 0.6 is 27.5 Å². The third-order valence-corrected chi connectivity index (χ3v) is 4.53. The van der Waals surface area contributed by atoms with E-state index in [1.165, 1.54) is 11.6 Å². The van der Waals surface area contributed by atoms with Gasteiger partial charge in [-0.1, -0.05) is 49.7 Å². The van der Waals surface area contributed by atoms with Crippen LogP contribution < -0.4 is 5.73 Å². The lowest BCUT2D eigenvalue weighted by molar-refractivity contribution is 0.599. The molecule has 2 rings (SSSR count). The van der Waals surface area contributed by atoms with Crippen LogP contribution in [0.2, 0.25) is 5.02 Å². The molecule has 1 nitrogen and oxygen atoms in total. The molecule has 0 aliphatic rings. The van der Waals surface area contributed by atoms with E-state index in [-0.39, 0.29) is 5.82 Å². The molecule has 4 heteroatoms. The van der Waals surface area contributed by atoms with Gasteiger partial charge in [-0.3, -0.25) is 0 Å². The second-order valence-corrected chi connectivity index (χ2v) is 6.35. The highest BCUT2D eigenvalue weighted by Gasteiger charge is 2.16. The number of halogens is 3. The van der Waals surface area contributed by atoms with Crippen LogP contribution in [0, 0.1) is 5.82 Å². The summed E-state index contributed by atoms with van der Waals surface area (Å²) in [5, 5.41) is 0.454. The van der Waals surface area contributed by atoms with Crippen LogP contribution in [0.1, 0.15) is 42.5 Å². The SMILES string of the molecule is CC(C)c1ccc(C(N)c2cc(Cl)c(Br)cc2F)cc1. The zero-order valence-electron chi connectivity index (χ0n) is 11.3. The van der Waals surface area contributed by atoms with Crippen LogP contribution in [0.5, 0.6) is 0 Å². The summed E-state index contributed by atoms with van der Waals surface area (Å²) in [6.07, 6.45) is 0. The summed E-state index contributed by atoms with van der Waals surface area (Å²) in [5.41, 5.74) is 8.65. The quantitative estimate of drug-likeness (QED) is 0.731. The Kier molecular flexibility index (Phi) is 4.84. The molecule has 0 radical (unpaired) electrons. The lowest BCUT2D eigenvalue weighted by atomic mass is 9.95. The molecule has 0 spiro atoms. The molecule has 0 saturated carbocycles. The van der Waals surface area contributed by atoms with Crippen LogP contribution in [-0.2, 0) is 0 Å². The monoisotopic (exact) mass is 355 g/mol. The maximum Gasteiger partial charge on any atom is 0.129 e. The van der Waals surface area contributed by atoms with E-state index in [1.54, 1.807) is 6.07 Å². The van der Waals surface area contributed by atoms with Crippen molar-refractivity contribution in [2.45, 2.75) is 25.8 Å². The standard InChI is InChI=1S/C16H16BrClFN/c1-9(2)10-3-5-11(6-4-10)16(20)12-7-14(18)13(17)8-15(12)19/h3-9,16H,20H2,1-2H3. The van der Waals surface area contributed by atoms with Crippen molar-refractivity contribution >= 4 is 27.5 Å². The van der Waals surface area contributed by atoms with Crippen molar-refractivity contribution in [3.63, 3.8) is 0 Å². The van der Waals surface area contributed by atoms with Crippen molar-refractivity contribution in [3.8, 4) is 0 Å². The molecule has 0 aliphatic carbocycles. The van der Waals surface area contributed by atoms with Gasteiger partial charge in [0.15, 0.2) is 0 Å². The third kappa shape index (κ3) is 3.22. The molecule has 2 aromatic rings. The predicted molar refractivity (Wildman–Crippen MR) is 85.7 cm³/mol. The highest BCUT2D eigenvalue weighted by atomic mass is 79.9. The van der Waals surface area contributed by atoms with E-state index in [0.29, 0.717) is 21.0 Å². The summed E-state index contributed by atoms with van der Waals surface area (Å²) < 4.78 is 14.5. The number of nitrogens with two attached hydrogens (primary N) is 1. The second-order valence-electron chi connectivity index (χ2n) is 5.09. The minimum Gasteiger partial charge on any atom is -0.320 e. The second kappa shape index (κ2) is 6.25. The predicted octanol–water partition coefficient (Wildman–Crippen LogP) is 5.41. The first kappa shape index (κ1) is 15.5. The molecule has 0 aliphatic heterocycles. The summed E-state index contributed by atoms with van der Waals surface area (Å²) in [6, 6.07) is 10.3. The molecule has 1 atom stereocenters. The average molecular weight is 357 g/mol. The minimum absolute atomic E-state index is 0.360. The first-order valence-corrected chi connectivity index (χ1v) is 7.57. The van der Waals surface area contributed by atoms with Crippen LogP contribution in [0.4, 0.5) is 4.39 Å². The van der Waals surface area contributed by atoms with Gasteiger partial charge in [-0.25, -0.2) is 4.39 Å². The Bertz CT molecular complexity index is 611. The Morgan fingerprint density at radius 2 is 1.65 bits per heavy atom. The molecule has 106 valence electrons. The molecular weight excluding hydrogens is 341 g/mol.